The lowest BCUT2D eigenvalue weighted by molar-refractivity contribution is 0.0698. The Labute approximate surface area is 171 Å². The number of carbonyl (C=O) groups is 1. The lowest BCUT2D eigenvalue weighted by Gasteiger charge is -2.34. The zero-order chi connectivity index (χ0) is 21.5. The lowest BCUT2D eigenvalue weighted by Crippen LogP contribution is -2.50. The highest BCUT2D eigenvalue weighted by Crippen LogP contribution is 2.24. The average molecular weight is 434 g/mol. The summed E-state index contributed by atoms with van der Waals surface area (Å²) in [6, 6.07) is 14.2. The van der Waals surface area contributed by atoms with E-state index in [-0.39, 0.29) is 32.1 Å². The smallest absolute Gasteiger partial charge is 0.253 e. The number of carbonyl (C=O) groups excluding carboxylic acids is 1. The molecule has 0 saturated carbocycles. The maximum atomic E-state index is 14.0. The highest BCUT2D eigenvalue weighted by atomic mass is 32.2. The van der Waals surface area contributed by atoms with Crippen LogP contribution in [0.5, 0.6) is 0 Å². The van der Waals surface area contributed by atoms with Crippen molar-refractivity contribution < 1.29 is 26.4 Å². The highest BCUT2D eigenvalue weighted by Gasteiger charge is 2.33. The van der Waals surface area contributed by atoms with Crippen LogP contribution in [0, 0.1) is 17.5 Å². The topological polar surface area (TPSA) is 57.7 Å². The molecule has 1 saturated heterocycles. The molecule has 3 aromatic carbocycles. The van der Waals surface area contributed by atoms with Gasteiger partial charge in [0.15, 0.2) is 17.5 Å². The summed E-state index contributed by atoms with van der Waals surface area (Å²) < 4.78 is 66.9. The first-order valence-corrected chi connectivity index (χ1v) is 10.6. The van der Waals surface area contributed by atoms with Crippen LogP contribution in [0.25, 0.3) is 10.8 Å². The van der Waals surface area contributed by atoms with Crippen LogP contribution in [0.15, 0.2) is 59.5 Å². The Kier molecular flexibility index (Phi) is 5.25. The molecule has 9 heteroatoms. The lowest BCUT2D eigenvalue weighted by atomic mass is 10.1. The minimum absolute atomic E-state index is 0.0832. The third-order valence-electron chi connectivity index (χ3n) is 5.14. The second kappa shape index (κ2) is 7.73. The zero-order valence-electron chi connectivity index (χ0n) is 15.7. The van der Waals surface area contributed by atoms with Crippen molar-refractivity contribution in [2.75, 3.05) is 26.2 Å². The first kappa shape index (κ1) is 20.4. The Morgan fingerprint density at radius 1 is 0.800 bits per heavy atom. The molecule has 30 heavy (non-hydrogen) atoms. The van der Waals surface area contributed by atoms with Crippen LogP contribution in [0.3, 0.4) is 0 Å². The number of halogens is 3. The van der Waals surface area contributed by atoms with Crippen molar-refractivity contribution in [3.05, 3.63) is 77.6 Å². The maximum absolute atomic E-state index is 14.0. The van der Waals surface area contributed by atoms with E-state index in [4.69, 9.17) is 0 Å². The van der Waals surface area contributed by atoms with Gasteiger partial charge in [-0.1, -0.05) is 30.3 Å². The fourth-order valence-corrected chi connectivity index (χ4v) is 4.96. The molecule has 0 aromatic heterocycles. The summed E-state index contributed by atoms with van der Waals surface area (Å²) in [5, 5.41) is 1.91. The summed E-state index contributed by atoms with van der Waals surface area (Å²) in [6.07, 6.45) is 0. The number of sulfonamides is 1. The molecule has 3 aromatic rings. The van der Waals surface area contributed by atoms with Crippen molar-refractivity contribution in [3.8, 4) is 0 Å². The number of hydrogen-bond donors (Lipinski definition) is 0. The number of hydrogen-bond acceptors (Lipinski definition) is 3. The molecule has 5 nitrogen and oxygen atoms in total. The number of fused-ring (bicyclic) bond motifs is 1. The van der Waals surface area contributed by atoms with Gasteiger partial charge >= 0.3 is 0 Å². The van der Waals surface area contributed by atoms with Gasteiger partial charge in [-0.05, 0) is 35.0 Å². The predicted molar refractivity (Wildman–Crippen MR) is 105 cm³/mol. The first-order valence-electron chi connectivity index (χ1n) is 9.21. The van der Waals surface area contributed by atoms with Crippen molar-refractivity contribution in [3.63, 3.8) is 0 Å². The van der Waals surface area contributed by atoms with Gasteiger partial charge in [0.25, 0.3) is 5.91 Å². The number of piperazine rings is 1. The van der Waals surface area contributed by atoms with E-state index >= 15 is 0 Å². The van der Waals surface area contributed by atoms with E-state index in [1.165, 1.54) is 4.90 Å². The number of benzene rings is 3. The molecule has 4 rings (SSSR count). The Bertz CT molecular complexity index is 1240. The monoisotopic (exact) mass is 434 g/mol. The van der Waals surface area contributed by atoms with Gasteiger partial charge in [0.2, 0.25) is 10.0 Å². The molecule has 1 aliphatic rings. The van der Waals surface area contributed by atoms with Crippen LogP contribution in [-0.4, -0.2) is 49.7 Å². The summed E-state index contributed by atoms with van der Waals surface area (Å²) in [5.41, 5.74) is 0.483. The van der Waals surface area contributed by atoms with Crippen LogP contribution in [0.2, 0.25) is 0 Å². The first-order chi connectivity index (χ1) is 14.3. The Morgan fingerprint density at radius 3 is 2.17 bits per heavy atom. The Hall–Kier alpha value is -2.91. The largest absolute Gasteiger partial charge is 0.336 e. The average Bonchev–Trinajstić information content (AvgIpc) is 2.76. The molecule has 1 amide bonds. The van der Waals surface area contributed by atoms with Crippen LogP contribution in [0.4, 0.5) is 13.2 Å². The zero-order valence-corrected chi connectivity index (χ0v) is 16.5. The second-order valence-electron chi connectivity index (χ2n) is 6.93. The van der Waals surface area contributed by atoms with Crippen molar-refractivity contribution in [2.24, 2.45) is 0 Å². The van der Waals surface area contributed by atoms with Crippen molar-refractivity contribution in [2.45, 2.75) is 4.90 Å². The molecule has 0 aliphatic carbocycles. The van der Waals surface area contributed by atoms with E-state index in [0.717, 1.165) is 15.1 Å². The van der Waals surface area contributed by atoms with Gasteiger partial charge in [-0.15, -0.1) is 0 Å². The normalized spacial score (nSPS) is 15.5. The van der Waals surface area contributed by atoms with E-state index in [1.807, 2.05) is 30.3 Å². The van der Waals surface area contributed by atoms with Crippen LogP contribution in [-0.2, 0) is 10.0 Å². The second-order valence-corrected chi connectivity index (χ2v) is 8.84. The van der Waals surface area contributed by atoms with Gasteiger partial charge in [-0.2, -0.15) is 4.31 Å². The van der Waals surface area contributed by atoms with Crippen molar-refractivity contribution in [1.82, 2.24) is 9.21 Å². The number of nitrogens with zero attached hydrogens (tertiary/aromatic N) is 2. The molecule has 0 spiro atoms. The molecule has 156 valence electrons. The van der Waals surface area contributed by atoms with E-state index in [0.29, 0.717) is 17.7 Å². The maximum Gasteiger partial charge on any atom is 0.253 e. The third-order valence-corrected chi connectivity index (χ3v) is 7.06. The molecule has 0 N–H and O–H groups in total. The van der Waals surface area contributed by atoms with Gasteiger partial charge in [0.1, 0.15) is 4.90 Å². The van der Waals surface area contributed by atoms with Crippen molar-refractivity contribution >= 4 is 26.7 Å². The molecular weight excluding hydrogens is 417 g/mol. The van der Waals surface area contributed by atoms with Gasteiger partial charge < -0.3 is 4.90 Å². The summed E-state index contributed by atoms with van der Waals surface area (Å²) >= 11 is 0. The van der Waals surface area contributed by atoms with E-state index < -0.39 is 32.4 Å². The van der Waals surface area contributed by atoms with E-state index in [1.54, 1.807) is 12.1 Å². The third kappa shape index (κ3) is 3.54. The summed E-state index contributed by atoms with van der Waals surface area (Å²) in [5.74, 6) is -5.28. The molecule has 0 atom stereocenters. The summed E-state index contributed by atoms with van der Waals surface area (Å²) in [7, 11) is -4.36. The molecule has 1 aliphatic heterocycles. The molecule has 1 heterocycles. The molecule has 0 unspecified atom stereocenters. The minimum Gasteiger partial charge on any atom is -0.336 e. The number of amides is 1. The van der Waals surface area contributed by atoms with Crippen LogP contribution < -0.4 is 0 Å². The minimum atomic E-state index is -4.36. The van der Waals surface area contributed by atoms with Crippen molar-refractivity contribution in [1.29, 1.82) is 0 Å². The fourth-order valence-electron chi connectivity index (χ4n) is 3.48. The molecule has 0 bridgehead atoms. The molecule has 1 fully saturated rings. The Balaban J connectivity index is 1.50. The van der Waals surface area contributed by atoms with Gasteiger partial charge in [-0.25, -0.2) is 21.6 Å². The van der Waals surface area contributed by atoms with Gasteiger partial charge in [-0.3, -0.25) is 4.79 Å². The molecule has 0 radical (unpaired) electrons. The highest BCUT2D eigenvalue weighted by molar-refractivity contribution is 7.89. The summed E-state index contributed by atoms with van der Waals surface area (Å²) in [4.78, 5) is 13.4. The van der Waals surface area contributed by atoms with Crippen LogP contribution >= 0.6 is 0 Å². The standard InChI is InChI=1S/C21H17F3N2O3S/c22-17-7-8-18(20(24)19(17)23)30(28,29)26-11-9-25(10-12-26)21(27)16-6-5-14-3-1-2-4-15(14)13-16/h1-8,13H,9-12H2. The fraction of sp³-hybridized carbons (Fsp3) is 0.190. The van der Waals surface area contributed by atoms with Gasteiger partial charge in [0, 0.05) is 31.7 Å². The predicted octanol–water partition coefficient (Wildman–Crippen LogP) is 3.40. The summed E-state index contributed by atoms with van der Waals surface area (Å²) in [6.45, 7) is 0.0204. The van der Waals surface area contributed by atoms with E-state index in [9.17, 15) is 26.4 Å². The SMILES string of the molecule is O=C(c1ccc2ccccc2c1)N1CCN(S(=O)(=O)c2ccc(F)c(F)c2F)CC1. The van der Waals surface area contributed by atoms with Gasteiger partial charge in [0.05, 0.1) is 0 Å². The number of rotatable bonds is 3. The quantitative estimate of drug-likeness (QED) is 0.594. The van der Waals surface area contributed by atoms with E-state index in [2.05, 4.69) is 0 Å². The Morgan fingerprint density at radius 2 is 1.47 bits per heavy atom. The molecular formula is C21H17F3N2O3S. The van der Waals surface area contributed by atoms with Crippen LogP contribution in [0.1, 0.15) is 10.4 Å².